The van der Waals surface area contributed by atoms with E-state index < -0.39 is 12.0 Å². The van der Waals surface area contributed by atoms with Crippen molar-refractivity contribution in [1.82, 2.24) is 5.01 Å². The minimum atomic E-state index is -2.78. The highest BCUT2D eigenvalue weighted by Crippen LogP contribution is 1.83. The molecule has 0 bridgehead atoms. The molecule has 0 aliphatic rings. The molecule has 50 valence electrons. The third-order valence-electron chi connectivity index (χ3n) is 0.633. The van der Waals surface area contributed by atoms with E-state index in [0.29, 0.717) is 0 Å². The second-order valence-electron chi connectivity index (χ2n) is 1.27. The molecule has 0 atom stereocenters. The van der Waals surface area contributed by atoms with Crippen LogP contribution in [0.5, 0.6) is 0 Å². The lowest BCUT2D eigenvalue weighted by atomic mass is 10.5. The zero-order valence-corrected chi connectivity index (χ0v) is 4.57. The largest absolute Gasteiger partial charge is 0.235 e. The maximum Gasteiger partial charge on any atom is 0.159 e. The molecule has 0 N–H and O–H groups in total. The highest BCUT2D eigenvalue weighted by atomic mass is 16.7. The molecule has 0 amide bonds. The van der Waals surface area contributed by atoms with Gasteiger partial charge in [0.2, 0.25) is 0 Å². The van der Waals surface area contributed by atoms with Crippen LogP contribution in [-0.2, 0) is 0 Å². The van der Waals surface area contributed by atoms with Crippen molar-refractivity contribution in [3.05, 3.63) is 10.1 Å². The number of hydrogen-bond donors (Lipinski definition) is 0. The molecular weight excluding hydrogens is 122 g/mol. The quantitative estimate of drug-likeness (QED) is 0.401. The molecule has 0 aromatic carbocycles. The van der Waals surface area contributed by atoms with Crippen molar-refractivity contribution in [2.75, 3.05) is 13.5 Å². The number of hydrogen-bond acceptors (Lipinski definition) is 3. The number of hydrazine groups is 1. The summed E-state index contributed by atoms with van der Waals surface area (Å²) in [5, 5.41) is 17.2. The highest BCUT2D eigenvalue weighted by Gasteiger charge is 2.03. The normalized spacial score (nSPS) is 14.3. The van der Waals surface area contributed by atoms with Gasteiger partial charge >= 0.3 is 0 Å². The second-order valence-corrected chi connectivity index (χ2v) is 1.27. The smallest absolute Gasteiger partial charge is 0.159 e. The van der Waals surface area contributed by atoms with Gasteiger partial charge in [-0.3, -0.25) is 0 Å². The molecule has 0 aromatic heterocycles. The van der Waals surface area contributed by atoms with Gasteiger partial charge in [0.05, 0.1) is 30.1 Å². The number of nitriles is 1. The van der Waals surface area contributed by atoms with Crippen LogP contribution >= 0.6 is 0 Å². The molecular formula is C4H7N3O2. The summed E-state index contributed by atoms with van der Waals surface area (Å²) in [6.45, 7) is -3.17. The van der Waals surface area contributed by atoms with E-state index in [1.165, 1.54) is 0 Å². The molecule has 0 aliphatic heterocycles. The van der Waals surface area contributed by atoms with Crippen molar-refractivity contribution >= 4 is 0 Å². The Hall–Kier alpha value is -1.31. The minimum Gasteiger partial charge on any atom is -0.235 e. The Bertz CT molecular complexity index is 209. The molecule has 5 nitrogen and oxygen atoms in total. The molecule has 0 heterocycles. The average Bonchev–Trinajstić information content (AvgIpc) is 1.84. The third-order valence-corrected chi connectivity index (χ3v) is 0.633. The van der Waals surface area contributed by atoms with Gasteiger partial charge in [0.25, 0.3) is 0 Å². The summed E-state index contributed by atoms with van der Waals surface area (Å²) in [7, 11) is 0. The second kappa shape index (κ2) is 3.66. The fourth-order valence-corrected chi connectivity index (χ4v) is 0.238. The molecule has 0 saturated carbocycles. The Morgan fingerprint density at radius 3 is 3.11 bits per heavy atom. The molecule has 0 aliphatic carbocycles. The van der Waals surface area contributed by atoms with Crippen LogP contribution in [0.1, 0.15) is 10.5 Å². The predicted molar refractivity (Wildman–Crippen MR) is 29.9 cm³/mol. The van der Waals surface area contributed by atoms with Crippen LogP contribution in [0.2, 0.25) is 0 Å². The van der Waals surface area contributed by atoms with Crippen LogP contribution in [0.25, 0.3) is 0 Å². The summed E-state index contributed by atoms with van der Waals surface area (Å²) in [6.07, 6.45) is -0.181. The maximum atomic E-state index is 10.1. The van der Waals surface area contributed by atoms with E-state index in [9.17, 15) is 10.1 Å². The van der Waals surface area contributed by atoms with E-state index in [2.05, 4.69) is 0 Å². The van der Waals surface area contributed by atoms with E-state index in [1.807, 2.05) is 0 Å². The van der Waals surface area contributed by atoms with Crippen molar-refractivity contribution in [1.29, 1.82) is 5.26 Å². The fraction of sp³-hybridized carbons (Fsp3) is 0.750. The number of rotatable bonds is 3. The van der Waals surface area contributed by atoms with Gasteiger partial charge in [-0.15, -0.1) is 5.01 Å². The van der Waals surface area contributed by atoms with Crippen LogP contribution in [0, 0.1) is 21.4 Å². The van der Waals surface area contributed by atoms with Gasteiger partial charge in [-0.1, -0.05) is 0 Å². The van der Waals surface area contributed by atoms with E-state index in [1.54, 1.807) is 6.07 Å². The Labute approximate surface area is 56.8 Å². The van der Waals surface area contributed by atoms with Crippen molar-refractivity contribution in [3.8, 4) is 6.07 Å². The lowest BCUT2D eigenvalue weighted by Gasteiger charge is -2.03. The van der Waals surface area contributed by atoms with Gasteiger partial charge in [-0.05, 0) is 0 Å². The summed E-state index contributed by atoms with van der Waals surface area (Å²) < 4.78 is 20.1. The fourth-order valence-electron chi connectivity index (χ4n) is 0.238. The first-order chi connectivity index (χ1) is 5.39. The van der Waals surface area contributed by atoms with Gasteiger partial charge in [0.15, 0.2) is 5.03 Å². The Morgan fingerprint density at radius 2 is 2.78 bits per heavy atom. The van der Waals surface area contributed by atoms with Crippen molar-refractivity contribution in [3.63, 3.8) is 0 Å². The molecule has 0 saturated heterocycles. The van der Waals surface area contributed by atoms with Crippen LogP contribution in [-0.4, -0.2) is 23.6 Å². The molecule has 5 heteroatoms. The topological polar surface area (TPSA) is 70.2 Å². The molecule has 0 rings (SSSR count). The van der Waals surface area contributed by atoms with Gasteiger partial charge in [-0.2, -0.15) is 5.26 Å². The van der Waals surface area contributed by atoms with Crippen LogP contribution < -0.4 is 0 Å². The minimum absolute atomic E-state index is 0.0657. The van der Waals surface area contributed by atoms with Gasteiger partial charge in [0.1, 0.15) is 0 Å². The first-order valence-electron chi connectivity index (χ1n) is 3.68. The standard InChI is InChI=1S/C4H7N3O2/c1-6(7(8)9)4-2-3-5/h2,4H2,1H3/i1D3. The lowest BCUT2D eigenvalue weighted by molar-refractivity contribution is -0.648. The molecule has 0 aromatic rings. The molecule has 0 unspecified atom stereocenters. The Morgan fingerprint density at radius 1 is 2.11 bits per heavy atom. The summed E-state index contributed by atoms with van der Waals surface area (Å²) in [4.78, 5) is 10.1. The summed E-state index contributed by atoms with van der Waals surface area (Å²) >= 11 is 0. The summed E-state index contributed by atoms with van der Waals surface area (Å²) in [5.74, 6) is 0. The summed E-state index contributed by atoms with van der Waals surface area (Å²) in [6, 6.07) is 1.63. The first kappa shape index (κ1) is 3.67. The molecule has 9 heavy (non-hydrogen) atoms. The van der Waals surface area contributed by atoms with Gasteiger partial charge < -0.3 is 0 Å². The lowest BCUT2D eigenvalue weighted by Crippen LogP contribution is -2.25. The number of nitro groups is 1. The Balaban J connectivity index is 4.27. The zero-order valence-electron chi connectivity index (χ0n) is 7.57. The summed E-state index contributed by atoms with van der Waals surface area (Å²) in [5.41, 5.74) is 0. The monoisotopic (exact) mass is 132 g/mol. The predicted octanol–water partition coefficient (Wildman–Crippen LogP) is 0.0236. The first-order valence-corrected chi connectivity index (χ1v) is 2.18. The van der Waals surface area contributed by atoms with E-state index in [0.717, 1.165) is 0 Å². The highest BCUT2D eigenvalue weighted by molar-refractivity contribution is 4.68. The van der Waals surface area contributed by atoms with Crippen LogP contribution in [0.3, 0.4) is 0 Å². The van der Waals surface area contributed by atoms with Crippen LogP contribution in [0.4, 0.5) is 0 Å². The molecule has 0 fully saturated rings. The maximum absolute atomic E-state index is 10.1. The zero-order chi connectivity index (χ0) is 9.78. The van der Waals surface area contributed by atoms with Crippen LogP contribution in [0.15, 0.2) is 0 Å². The number of nitrogens with zero attached hydrogens (tertiary/aromatic N) is 3. The SMILES string of the molecule is [2H]C([2H])([2H])N(CCC#N)[N+](=O)[O-]. The van der Waals surface area contributed by atoms with E-state index in [4.69, 9.17) is 9.37 Å². The van der Waals surface area contributed by atoms with Crippen molar-refractivity contribution in [2.24, 2.45) is 0 Å². The molecule has 0 radical (unpaired) electrons. The van der Waals surface area contributed by atoms with E-state index >= 15 is 0 Å². The van der Waals surface area contributed by atoms with Crippen molar-refractivity contribution in [2.45, 2.75) is 6.42 Å². The van der Waals surface area contributed by atoms with Gasteiger partial charge in [-0.25, -0.2) is 10.1 Å². The Kier molecular flexibility index (Phi) is 1.49. The average molecular weight is 132 g/mol. The van der Waals surface area contributed by atoms with Gasteiger partial charge in [0, 0.05) is 0 Å². The molecule has 0 spiro atoms. The third kappa shape index (κ3) is 3.29. The van der Waals surface area contributed by atoms with E-state index in [-0.39, 0.29) is 18.0 Å². The van der Waals surface area contributed by atoms with Crippen molar-refractivity contribution < 1.29 is 9.14 Å².